The molecule has 0 aromatic carbocycles. The van der Waals surface area contributed by atoms with Gasteiger partial charge in [-0.2, -0.15) is 11.8 Å². The molecular formula is C14H25ClN2S. The average Bonchev–Trinajstić information content (AvgIpc) is 2.60. The van der Waals surface area contributed by atoms with E-state index in [-0.39, 0.29) is 17.9 Å². The molecule has 4 heteroatoms. The van der Waals surface area contributed by atoms with Gasteiger partial charge in [-0.3, -0.25) is 0 Å². The molecule has 5 fully saturated rings. The zero-order valence-corrected chi connectivity index (χ0v) is 12.7. The van der Waals surface area contributed by atoms with Crippen molar-refractivity contribution >= 4 is 24.2 Å². The number of nitrogens with zero attached hydrogens (tertiary/aromatic N) is 1. The summed E-state index contributed by atoms with van der Waals surface area (Å²) in [6, 6.07) is 0. The Hall–Kier alpha value is 0.560. The summed E-state index contributed by atoms with van der Waals surface area (Å²) in [5, 5.41) is 0. The van der Waals surface area contributed by atoms with E-state index in [1.54, 1.807) is 0 Å². The van der Waals surface area contributed by atoms with Crippen molar-refractivity contribution in [2.75, 3.05) is 31.1 Å². The molecule has 4 unspecified atom stereocenters. The standard InChI is InChI=1S/C14H24N2S.ClH/c15-14-7-11-5-12(14)8-13(6-11,9-14)10-16-1-3-17-4-2-16;/h11-12H,1-10,15H2;1H. The summed E-state index contributed by atoms with van der Waals surface area (Å²) in [6.07, 6.45) is 7.07. The summed E-state index contributed by atoms with van der Waals surface area (Å²) in [7, 11) is 0. The van der Waals surface area contributed by atoms with Gasteiger partial charge in [-0.05, 0) is 49.4 Å². The first-order valence-electron chi connectivity index (χ1n) is 7.27. The quantitative estimate of drug-likeness (QED) is 0.846. The van der Waals surface area contributed by atoms with Gasteiger partial charge in [0.15, 0.2) is 0 Å². The van der Waals surface area contributed by atoms with Crippen LogP contribution in [0, 0.1) is 17.3 Å². The van der Waals surface area contributed by atoms with Crippen molar-refractivity contribution in [2.45, 2.75) is 37.6 Å². The Labute approximate surface area is 121 Å². The Morgan fingerprint density at radius 2 is 1.94 bits per heavy atom. The van der Waals surface area contributed by atoms with Crippen LogP contribution in [0.3, 0.4) is 0 Å². The van der Waals surface area contributed by atoms with Crippen LogP contribution in [0.5, 0.6) is 0 Å². The van der Waals surface area contributed by atoms with E-state index in [4.69, 9.17) is 5.73 Å². The predicted octanol–water partition coefficient (Wildman–Crippen LogP) is 2.36. The molecule has 1 saturated heterocycles. The second kappa shape index (κ2) is 4.54. The summed E-state index contributed by atoms with van der Waals surface area (Å²) in [5.74, 6) is 4.54. The molecule has 0 radical (unpaired) electrons. The lowest BCUT2D eigenvalue weighted by Crippen LogP contribution is -2.47. The van der Waals surface area contributed by atoms with E-state index < -0.39 is 0 Å². The minimum absolute atomic E-state index is 0. The van der Waals surface area contributed by atoms with E-state index in [2.05, 4.69) is 16.7 Å². The van der Waals surface area contributed by atoms with Gasteiger partial charge >= 0.3 is 0 Å². The van der Waals surface area contributed by atoms with Crippen molar-refractivity contribution in [1.82, 2.24) is 4.90 Å². The molecule has 0 aromatic heterocycles. The molecule has 5 rings (SSSR count). The Kier molecular flexibility index (Phi) is 3.42. The van der Waals surface area contributed by atoms with Crippen LogP contribution in [-0.2, 0) is 0 Å². The van der Waals surface area contributed by atoms with Crippen molar-refractivity contribution in [3.63, 3.8) is 0 Å². The number of rotatable bonds is 2. The monoisotopic (exact) mass is 288 g/mol. The number of thioether (sulfide) groups is 1. The van der Waals surface area contributed by atoms with Crippen molar-refractivity contribution < 1.29 is 0 Å². The van der Waals surface area contributed by atoms with Crippen LogP contribution in [0.25, 0.3) is 0 Å². The molecule has 1 heterocycles. The first-order chi connectivity index (χ1) is 8.18. The fourth-order valence-electron chi connectivity index (χ4n) is 5.56. The molecule has 0 amide bonds. The van der Waals surface area contributed by atoms with Crippen LogP contribution < -0.4 is 5.73 Å². The van der Waals surface area contributed by atoms with Crippen LogP contribution in [-0.4, -0.2) is 41.6 Å². The highest BCUT2D eigenvalue weighted by atomic mass is 35.5. The normalized spacial score (nSPS) is 50.5. The third kappa shape index (κ3) is 2.02. The largest absolute Gasteiger partial charge is 0.325 e. The van der Waals surface area contributed by atoms with Crippen LogP contribution in [0.1, 0.15) is 32.1 Å². The number of halogens is 1. The lowest BCUT2D eigenvalue weighted by atomic mass is 9.68. The van der Waals surface area contributed by atoms with Gasteiger partial charge in [0.05, 0.1) is 0 Å². The molecular weight excluding hydrogens is 264 g/mol. The highest BCUT2D eigenvalue weighted by molar-refractivity contribution is 7.99. The average molecular weight is 289 g/mol. The van der Waals surface area contributed by atoms with Crippen molar-refractivity contribution in [1.29, 1.82) is 0 Å². The number of hydrogen-bond acceptors (Lipinski definition) is 3. The zero-order valence-electron chi connectivity index (χ0n) is 11.1. The van der Waals surface area contributed by atoms with Crippen LogP contribution in [0.2, 0.25) is 0 Å². The Balaban J connectivity index is 0.000001000. The summed E-state index contributed by atoms with van der Waals surface area (Å²) in [6.45, 7) is 4.00. The van der Waals surface area contributed by atoms with E-state index >= 15 is 0 Å². The molecule has 2 nitrogen and oxygen atoms in total. The summed E-state index contributed by atoms with van der Waals surface area (Å²) in [5.41, 5.74) is 7.54. The van der Waals surface area contributed by atoms with Gasteiger partial charge in [0, 0.05) is 36.7 Å². The summed E-state index contributed by atoms with van der Waals surface area (Å²) >= 11 is 2.12. The molecule has 1 aliphatic heterocycles. The van der Waals surface area contributed by atoms with E-state index in [1.165, 1.54) is 63.2 Å². The maximum absolute atomic E-state index is 6.65. The minimum Gasteiger partial charge on any atom is -0.325 e. The lowest BCUT2D eigenvalue weighted by Gasteiger charge is -2.43. The number of hydrogen-bond donors (Lipinski definition) is 1. The second-order valence-electron chi connectivity index (χ2n) is 7.21. The van der Waals surface area contributed by atoms with Gasteiger partial charge in [-0.25, -0.2) is 0 Å². The van der Waals surface area contributed by atoms with Crippen LogP contribution in [0.4, 0.5) is 0 Å². The van der Waals surface area contributed by atoms with E-state index in [0.29, 0.717) is 5.41 Å². The van der Waals surface area contributed by atoms with Crippen molar-refractivity contribution in [2.24, 2.45) is 23.0 Å². The smallest absolute Gasteiger partial charge is 0.0191 e. The Morgan fingerprint density at radius 3 is 2.61 bits per heavy atom. The lowest BCUT2D eigenvalue weighted by molar-refractivity contribution is 0.0832. The first kappa shape index (κ1) is 13.5. The maximum atomic E-state index is 6.65. The fourth-order valence-corrected chi connectivity index (χ4v) is 6.54. The van der Waals surface area contributed by atoms with Crippen LogP contribution in [0.15, 0.2) is 0 Å². The van der Waals surface area contributed by atoms with Gasteiger partial charge in [0.25, 0.3) is 0 Å². The van der Waals surface area contributed by atoms with Crippen LogP contribution >= 0.6 is 24.2 Å². The highest BCUT2D eigenvalue weighted by Crippen LogP contribution is 2.65. The molecule has 4 saturated carbocycles. The topological polar surface area (TPSA) is 29.3 Å². The molecule has 2 N–H and O–H groups in total. The number of nitrogens with two attached hydrogens (primary N) is 1. The van der Waals surface area contributed by atoms with E-state index in [1.807, 2.05) is 0 Å². The van der Waals surface area contributed by atoms with E-state index in [9.17, 15) is 0 Å². The van der Waals surface area contributed by atoms with Gasteiger partial charge in [0.1, 0.15) is 0 Å². The molecule has 0 spiro atoms. The molecule has 4 bridgehead atoms. The Bertz CT molecular complexity index is 334. The summed E-state index contributed by atoms with van der Waals surface area (Å²) in [4.78, 5) is 2.73. The van der Waals surface area contributed by atoms with Gasteiger partial charge in [0.2, 0.25) is 0 Å². The molecule has 4 aliphatic carbocycles. The SMILES string of the molecule is Cl.NC12CC3CC1CC(CN1CCSCC1)(C3)C2. The van der Waals surface area contributed by atoms with Crippen molar-refractivity contribution in [3.05, 3.63) is 0 Å². The zero-order chi connectivity index (χ0) is 11.5. The van der Waals surface area contributed by atoms with Gasteiger partial charge < -0.3 is 10.6 Å². The first-order valence-corrected chi connectivity index (χ1v) is 8.42. The molecule has 104 valence electrons. The molecule has 18 heavy (non-hydrogen) atoms. The molecule has 0 aromatic rings. The third-order valence-electron chi connectivity index (χ3n) is 5.87. The van der Waals surface area contributed by atoms with Crippen molar-refractivity contribution in [3.8, 4) is 0 Å². The Morgan fingerprint density at radius 1 is 1.17 bits per heavy atom. The third-order valence-corrected chi connectivity index (χ3v) is 6.81. The van der Waals surface area contributed by atoms with Gasteiger partial charge in [-0.15, -0.1) is 12.4 Å². The minimum atomic E-state index is 0. The molecule has 4 atom stereocenters. The summed E-state index contributed by atoms with van der Waals surface area (Å²) < 4.78 is 0. The predicted molar refractivity (Wildman–Crippen MR) is 80.4 cm³/mol. The van der Waals surface area contributed by atoms with Gasteiger partial charge in [-0.1, -0.05) is 0 Å². The fraction of sp³-hybridized carbons (Fsp3) is 1.00. The molecule has 5 aliphatic rings. The maximum Gasteiger partial charge on any atom is 0.0191 e. The highest BCUT2D eigenvalue weighted by Gasteiger charge is 2.62. The van der Waals surface area contributed by atoms with E-state index in [0.717, 1.165) is 11.8 Å². The second-order valence-corrected chi connectivity index (χ2v) is 8.43.